The van der Waals surface area contributed by atoms with Crippen LogP contribution >= 0.6 is 12.2 Å². The molecule has 0 saturated heterocycles. The number of thiocarbonyl (C=S) groups is 1. The predicted molar refractivity (Wildman–Crippen MR) is 51.7 cm³/mol. The third-order valence-corrected chi connectivity index (χ3v) is 1.62. The second-order valence-electron chi connectivity index (χ2n) is 2.29. The van der Waals surface area contributed by atoms with Gasteiger partial charge in [-0.25, -0.2) is 4.98 Å². The van der Waals surface area contributed by atoms with Gasteiger partial charge in [0.25, 0.3) is 0 Å². The lowest BCUT2D eigenvalue weighted by molar-refractivity contribution is 0.837. The van der Waals surface area contributed by atoms with Gasteiger partial charge in [0.1, 0.15) is 0 Å². The molecule has 1 aromatic rings. The number of hydrogen-bond acceptors (Lipinski definition) is 2. The van der Waals surface area contributed by atoms with E-state index >= 15 is 0 Å². The third kappa shape index (κ3) is 2.87. The Morgan fingerprint density at radius 3 is 3.08 bits per heavy atom. The molecule has 0 aromatic carbocycles. The van der Waals surface area contributed by atoms with Crippen molar-refractivity contribution in [1.29, 1.82) is 0 Å². The van der Waals surface area contributed by atoms with E-state index in [4.69, 9.17) is 12.2 Å². The first-order valence-corrected chi connectivity index (χ1v) is 4.22. The lowest BCUT2D eigenvalue weighted by Gasteiger charge is -2.06. The third-order valence-electron chi connectivity index (χ3n) is 1.33. The topological polar surface area (TPSA) is 52.7 Å². The molecule has 4 nitrogen and oxygen atoms in total. The molecule has 0 fully saturated rings. The van der Waals surface area contributed by atoms with Crippen molar-refractivity contribution in [1.82, 2.24) is 20.6 Å². The molecule has 0 aliphatic heterocycles. The zero-order chi connectivity index (χ0) is 8.81. The second kappa shape index (κ2) is 4.71. The van der Waals surface area contributed by atoms with Gasteiger partial charge in [-0.05, 0) is 19.1 Å². The Labute approximate surface area is 76.8 Å². The maximum atomic E-state index is 4.97. The Morgan fingerprint density at radius 1 is 1.67 bits per heavy atom. The molecular formula is C7H12N4S. The number of aromatic nitrogens is 2. The number of aromatic amines is 1. The lowest BCUT2D eigenvalue weighted by Crippen LogP contribution is -2.34. The Hall–Kier alpha value is -1.10. The molecule has 0 unspecified atom stereocenters. The molecule has 0 atom stereocenters. The van der Waals surface area contributed by atoms with Crippen molar-refractivity contribution in [3.05, 3.63) is 18.2 Å². The van der Waals surface area contributed by atoms with Crippen LogP contribution < -0.4 is 10.6 Å². The van der Waals surface area contributed by atoms with Gasteiger partial charge < -0.3 is 15.6 Å². The van der Waals surface area contributed by atoms with Crippen LogP contribution in [0, 0.1) is 0 Å². The number of rotatable bonds is 3. The van der Waals surface area contributed by atoms with E-state index < -0.39 is 0 Å². The fourth-order valence-corrected chi connectivity index (χ4v) is 0.996. The standard InChI is InChI=1S/C7H12N4S/c1-2-9-7(12)10-4-6-3-8-5-11-6/h3,5H,2,4H2,1H3,(H,8,11)(H2,9,10,12). The van der Waals surface area contributed by atoms with Crippen LogP contribution in [0.15, 0.2) is 12.5 Å². The Bertz CT molecular complexity index is 232. The van der Waals surface area contributed by atoms with E-state index in [1.807, 2.05) is 6.92 Å². The van der Waals surface area contributed by atoms with Gasteiger partial charge >= 0.3 is 0 Å². The summed E-state index contributed by atoms with van der Waals surface area (Å²) in [5, 5.41) is 6.70. The summed E-state index contributed by atoms with van der Waals surface area (Å²) >= 11 is 4.97. The highest BCUT2D eigenvalue weighted by Crippen LogP contribution is 1.88. The quantitative estimate of drug-likeness (QED) is 0.595. The van der Waals surface area contributed by atoms with E-state index in [2.05, 4.69) is 20.6 Å². The summed E-state index contributed by atoms with van der Waals surface area (Å²) in [6, 6.07) is 0. The lowest BCUT2D eigenvalue weighted by atomic mass is 10.5. The van der Waals surface area contributed by atoms with E-state index in [0.717, 1.165) is 12.2 Å². The molecule has 1 heterocycles. The summed E-state index contributed by atoms with van der Waals surface area (Å²) < 4.78 is 0. The molecule has 12 heavy (non-hydrogen) atoms. The molecule has 3 N–H and O–H groups in total. The number of H-pyrrole nitrogens is 1. The molecule has 1 aromatic heterocycles. The van der Waals surface area contributed by atoms with Crippen molar-refractivity contribution in [3.63, 3.8) is 0 Å². The summed E-state index contributed by atoms with van der Waals surface area (Å²) in [4.78, 5) is 6.86. The highest BCUT2D eigenvalue weighted by Gasteiger charge is 1.94. The monoisotopic (exact) mass is 184 g/mol. The summed E-state index contributed by atoms with van der Waals surface area (Å²) in [6.07, 6.45) is 3.41. The SMILES string of the molecule is CCNC(=S)NCc1cnc[nH]1. The normalized spacial score (nSPS) is 9.42. The van der Waals surface area contributed by atoms with E-state index in [1.54, 1.807) is 12.5 Å². The minimum absolute atomic E-state index is 0.673. The zero-order valence-corrected chi connectivity index (χ0v) is 7.74. The van der Waals surface area contributed by atoms with E-state index in [0.29, 0.717) is 11.7 Å². The average Bonchev–Trinajstić information content (AvgIpc) is 2.53. The minimum Gasteiger partial charge on any atom is -0.363 e. The summed E-state index contributed by atoms with van der Waals surface area (Å²) in [7, 11) is 0. The molecule has 0 spiro atoms. The molecule has 0 saturated carbocycles. The predicted octanol–water partition coefficient (Wildman–Crippen LogP) is 0.394. The molecule has 0 aliphatic carbocycles. The van der Waals surface area contributed by atoms with E-state index in [-0.39, 0.29) is 0 Å². The number of imidazole rings is 1. The molecule has 66 valence electrons. The molecule has 0 aliphatic rings. The number of nitrogens with zero attached hydrogens (tertiary/aromatic N) is 1. The van der Waals surface area contributed by atoms with Gasteiger partial charge in [0.15, 0.2) is 5.11 Å². The molecule has 1 rings (SSSR count). The molecule has 0 amide bonds. The van der Waals surface area contributed by atoms with Crippen LogP contribution in [-0.2, 0) is 6.54 Å². The zero-order valence-electron chi connectivity index (χ0n) is 6.92. The van der Waals surface area contributed by atoms with Crippen molar-refractivity contribution >= 4 is 17.3 Å². The molecule has 5 heteroatoms. The van der Waals surface area contributed by atoms with Crippen LogP contribution in [0.25, 0.3) is 0 Å². The highest BCUT2D eigenvalue weighted by atomic mass is 32.1. The van der Waals surface area contributed by atoms with Crippen LogP contribution in [0.5, 0.6) is 0 Å². The van der Waals surface area contributed by atoms with Gasteiger partial charge in [-0.3, -0.25) is 0 Å². The van der Waals surface area contributed by atoms with Crippen LogP contribution in [0.3, 0.4) is 0 Å². The Kier molecular flexibility index (Phi) is 3.53. The first-order chi connectivity index (χ1) is 5.83. The van der Waals surface area contributed by atoms with Gasteiger partial charge in [0.05, 0.1) is 18.6 Å². The fraction of sp³-hybridized carbons (Fsp3) is 0.429. The van der Waals surface area contributed by atoms with Crippen LogP contribution in [0.4, 0.5) is 0 Å². The van der Waals surface area contributed by atoms with Gasteiger partial charge in [-0.1, -0.05) is 0 Å². The highest BCUT2D eigenvalue weighted by molar-refractivity contribution is 7.80. The van der Waals surface area contributed by atoms with Crippen molar-refractivity contribution in [2.75, 3.05) is 6.54 Å². The maximum Gasteiger partial charge on any atom is 0.166 e. The smallest absolute Gasteiger partial charge is 0.166 e. The number of nitrogens with one attached hydrogen (secondary N) is 3. The van der Waals surface area contributed by atoms with Gasteiger partial charge in [-0.2, -0.15) is 0 Å². The Balaban J connectivity index is 2.22. The minimum atomic E-state index is 0.673. The van der Waals surface area contributed by atoms with Crippen LogP contribution in [0.2, 0.25) is 0 Å². The van der Waals surface area contributed by atoms with Crippen molar-refractivity contribution < 1.29 is 0 Å². The van der Waals surface area contributed by atoms with Crippen LogP contribution in [-0.4, -0.2) is 21.6 Å². The first-order valence-electron chi connectivity index (χ1n) is 3.82. The second-order valence-corrected chi connectivity index (χ2v) is 2.70. The largest absolute Gasteiger partial charge is 0.363 e. The van der Waals surface area contributed by atoms with E-state index in [1.165, 1.54) is 0 Å². The fourth-order valence-electron chi connectivity index (χ4n) is 0.780. The van der Waals surface area contributed by atoms with Gasteiger partial charge in [0, 0.05) is 12.7 Å². The van der Waals surface area contributed by atoms with Gasteiger partial charge in [-0.15, -0.1) is 0 Å². The molecular weight excluding hydrogens is 172 g/mol. The summed E-state index contributed by atoms with van der Waals surface area (Å²) in [5.74, 6) is 0. The van der Waals surface area contributed by atoms with Crippen molar-refractivity contribution in [2.45, 2.75) is 13.5 Å². The van der Waals surface area contributed by atoms with Crippen LogP contribution in [0.1, 0.15) is 12.6 Å². The first kappa shape index (κ1) is 8.99. The average molecular weight is 184 g/mol. The van der Waals surface area contributed by atoms with Gasteiger partial charge in [0.2, 0.25) is 0 Å². The van der Waals surface area contributed by atoms with E-state index in [9.17, 15) is 0 Å². The van der Waals surface area contributed by atoms with Crippen molar-refractivity contribution in [3.8, 4) is 0 Å². The molecule has 0 radical (unpaired) electrons. The summed E-state index contributed by atoms with van der Waals surface area (Å²) in [5.41, 5.74) is 1.02. The Morgan fingerprint density at radius 2 is 2.50 bits per heavy atom. The maximum absolute atomic E-state index is 4.97. The molecule has 0 bridgehead atoms. The number of hydrogen-bond donors (Lipinski definition) is 3. The van der Waals surface area contributed by atoms with Crippen molar-refractivity contribution in [2.24, 2.45) is 0 Å². The summed E-state index contributed by atoms with van der Waals surface area (Å²) in [6.45, 7) is 3.53.